The number of likely N-dealkylation sites (tertiary alicyclic amines) is 1. The monoisotopic (exact) mass is 467 g/mol. The van der Waals surface area contributed by atoms with Gasteiger partial charge in [-0.25, -0.2) is 0 Å². The number of piperidine rings is 1. The predicted octanol–water partition coefficient (Wildman–Crippen LogP) is 5.57. The first kappa shape index (κ1) is 24.5. The third-order valence-corrected chi connectivity index (χ3v) is 8.01. The molecule has 2 fully saturated rings. The number of carboxylic acid groups (broad SMARTS) is 2. The van der Waals surface area contributed by atoms with Gasteiger partial charge in [0.2, 0.25) is 0 Å². The zero-order valence-corrected chi connectivity index (χ0v) is 20.5. The van der Waals surface area contributed by atoms with E-state index in [4.69, 9.17) is 4.74 Å². The van der Waals surface area contributed by atoms with Crippen molar-refractivity contribution in [2.45, 2.75) is 71.9 Å². The van der Waals surface area contributed by atoms with E-state index in [-0.39, 0.29) is 18.9 Å². The molecular formula is C28H37NO5. The third-order valence-electron chi connectivity index (χ3n) is 8.01. The van der Waals surface area contributed by atoms with Gasteiger partial charge in [-0.2, -0.15) is 0 Å². The average Bonchev–Trinajstić information content (AvgIpc) is 2.79. The highest BCUT2D eigenvalue weighted by Gasteiger charge is 2.48. The van der Waals surface area contributed by atoms with Gasteiger partial charge in [-0.15, -0.1) is 0 Å². The molecule has 2 aromatic rings. The van der Waals surface area contributed by atoms with Crippen molar-refractivity contribution in [3.05, 3.63) is 42.0 Å². The summed E-state index contributed by atoms with van der Waals surface area (Å²) in [6.45, 7) is 8.60. The summed E-state index contributed by atoms with van der Waals surface area (Å²) in [6.07, 6.45) is 5.22. The molecule has 34 heavy (non-hydrogen) atoms. The molecule has 1 aliphatic heterocycles. The van der Waals surface area contributed by atoms with E-state index in [1.165, 1.54) is 12.8 Å². The second-order valence-corrected chi connectivity index (χ2v) is 11.3. The van der Waals surface area contributed by atoms with Crippen LogP contribution >= 0.6 is 0 Å². The van der Waals surface area contributed by atoms with Gasteiger partial charge in [0.05, 0.1) is 6.10 Å². The summed E-state index contributed by atoms with van der Waals surface area (Å²) in [6, 6.07) is 12.6. The first-order valence-corrected chi connectivity index (χ1v) is 12.5. The van der Waals surface area contributed by atoms with Gasteiger partial charge in [0.15, 0.2) is 5.41 Å². The van der Waals surface area contributed by atoms with Crippen LogP contribution in [-0.2, 0) is 16.1 Å². The van der Waals surface area contributed by atoms with Crippen molar-refractivity contribution in [1.29, 1.82) is 0 Å². The average molecular weight is 468 g/mol. The molecule has 6 nitrogen and oxygen atoms in total. The number of hydrogen-bond acceptors (Lipinski definition) is 4. The van der Waals surface area contributed by atoms with Crippen LogP contribution in [0.1, 0.15) is 64.9 Å². The smallest absolute Gasteiger partial charge is 0.321 e. The molecule has 0 bridgehead atoms. The fourth-order valence-corrected chi connectivity index (χ4v) is 5.55. The highest BCUT2D eigenvalue weighted by molar-refractivity contribution is 5.98. The standard InChI is InChI=1S/C28H37NO5/c1-27(2,3)22-7-10-23(11-8-22)34-24-9-6-20-16-19(4-5-21(20)17-24)18-29-14-12-28(13-15-29,25(30)31)26(32)33/h4-6,9,16-17,22-23H,7-8,10-15,18H2,1-3H3,(H,30,31)(H,32,33)/t22-,23-. The Hall–Kier alpha value is -2.60. The van der Waals surface area contributed by atoms with Crippen LogP contribution in [0.3, 0.4) is 0 Å². The van der Waals surface area contributed by atoms with Gasteiger partial charge in [0, 0.05) is 19.6 Å². The zero-order valence-electron chi connectivity index (χ0n) is 20.5. The molecule has 184 valence electrons. The van der Waals surface area contributed by atoms with Crippen LogP contribution in [0.15, 0.2) is 36.4 Å². The SMILES string of the molecule is CC(C)(C)[C@H]1CC[C@H](Oc2ccc3cc(CN4CCC(C(=O)O)(C(=O)O)CC4)ccc3c2)CC1. The Morgan fingerprint density at radius 2 is 1.53 bits per heavy atom. The molecule has 0 amide bonds. The first-order chi connectivity index (χ1) is 16.1. The van der Waals surface area contributed by atoms with Crippen molar-refractivity contribution in [1.82, 2.24) is 4.90 Å². The highest BCUT2D eigenvalue weighted by Crippen LogP contribution is 2.39. The molecule has 2 aromatic carbocycles. The van der Waals surface area contributed by atoms with Crippen molar-refractivity contribution in [2.24, 2.45) is 16.7 Å². The van der Waals surface area contributed by atoms with E-state index in [0.717, 1.165) is 40.8 Å². The van der Waals surface area contributed by atoms with Gasteiger partial charge in [-0.1, -0.05) is 39.0 Å². The molecule has 0 aromatic heterocycles. The minimum Gasteiger partial charge on any atom is -0.490 e. The van der Waals surface area contributed by atoms with E-state index in [2.05, 4.69) is 62.1 Å². The second-order valence-electron chi connectivity index (χ2n) is 11.3. The summed E-state index contributed by atoms with van der Waals surface area (Å²) in [7, 11) is 0. The molecule has 4 rings (SSSR count). The van der Waals surface area contributed by atoms with Crippen molar-refractivity contribution in [2.75, 3.05) is 13.1 Å². The van der Waals surface area contributed by atoms with Crippen LogP contribution < -0.4 is 4.74 Å². The molecule has 6 heteroatoms. The van der Waals surface area contributed by atoms with Crippen LogP contribution in [0.25, 0.3) is 10.8 Å². The Balaban J connectivity index is 1.35. The van der Waals surface area contributed by atoms with Gasteiger partial charge in [-0.3, -0.25) is 14.5 Å². The van der Waals surface area contributed by atoms with E-state index in [9.17, 15) is 19.8 Å². The van der Waals surface area contributed by atoms with E-state index < -0.39 is 17.4 Å². The lowest BCUT2D eigenvalue weighted by atomic mass is 9.72. The van der Waals surface area contributed by atoms with E-state index in [0.29, 0.717) is 25.0 Å². The molecule has 1 saturated heterocycles. The van der Waals surface area contributed by atoms with Gasteiger partial charge < -0.3 is 14.9 Å². The summed E-state index contributed by atoms with van der Waals surface area (Å²) in [5.41, 5.74) is -0.141. The van der Waals surface area contributed by atoms with E-state index in [1.807, 2.05) is 0 Å². The molecule has 2 N–H and O–H groups in total. The molecule has 0 radical (unpaired) electrons. The molecule has 0 spiro atoms. The Morgan fingerprint density at radius 3 is 2.12 bits per heavy atom. The third kappa shape index (κ3) is 5.22. The van der Waals surface area contributed by atoms with Crippen LogP contribution in [0, 0.1) is 16.7 Å². The minimum atomic E-state index is -1.65. The largest absolute Gasteiger partial charge is 0.490 e. The lowest BCUT2D eigenvalue weighted by molar-refractivity contribution is -0.168. The Labute approximate surface area is 201 Å². The predicted molar refractivity (Wildman–Crippen MR) is 132 cm³/mol. The van der Waals surface area contributed by atoms with Crippen LogP contribution in [0.2, 0.25) is 0 Å². The summed E-state index contributed by atoms with van der Waals surface area (Å²) >= 11 is 0. The number of benzene rings is 2. The molecule has 1 heterocycles. The van der Waals surface area contributed by atoms with Crippen molar-refractivity contribution < 1.29 is 24.5 Å². The van der Waals surface area contributed by atoms with Crippen LogP contribution in [0.4, 0.5) is 0 Å². The molecule has 1 saturated carbocycles. The van der Waals surface area contributed by atoms with Gasteiger partial charge >= 0.3 is 11.9 Å². The maximum atomic E-state index is 11.5. The number of carboxylic acids is 2. The van der Waals surface area contributed by atoms with Gasteiger partial charge in [0.1, 0.15) is 5.75 Å². The van der Waals surface area contributed by atoms with Crippen molar-refractivity contribution in [3.63, 3.8) is 0 Å². The quantitative estimate of drug-likeness (QED) is 0.540. The Kier molecular flexibility index (Phi) is 6.90. The van der Waals surface area contributed by atoms with Crippen LogP contribution in [0.5, 0.6) is 5.75 Å². The number of nitrogens with zero attached hydrogens (tertiary/aromatic N) is 1. The van der Waals surface area contributed by atoms with Crippen molar-refractivity contribution in [3.8, 4) is 5.75 Å². The molecular weight excluding hydrogens is 430 g/mol. The van der Waals surface area contributed by atoms with E-state index >= 15 is 0 Å². The molecule has 1 aliphatic carbocycles. The maximum Gasteiger partial charge on any atom is 0.321 e. The highest BCUT2D eigenvalue weighted by atomic mass is 16.5. The number of ether oxygens (including phenoxy) is 1. The lowest BCUT2D eigenvalue weighted by Gasteiger charge is -2.37. The summed E-state index contributed by atoms with van der Waals surface area (Å²) in [5, 5.41) is 21.1. The fourth-order valence-electron chi connectivity index (χ4n) is 5.55. The molecule has 2 aliphatic rings. The molecule has 0 atom stereocenters. The normalized spacial score (nSPS) is 23.5. The zero-order chi connectivity index (χ0) is 24.5. The first-order valence-electron chi connectivity index (χ1n) is 12.5. The second kappa shape index (κ2) is 9.57. The summed E-state index contributed by atoms with van der Waals surface area (Å²) in [4.78, 5) is 25.2. The minimum absolute atomic E-state index is 0.129. The summed E-state index contributed by atoms with van der Waals surface area (Å²) < 4.78 is 6.33. The number of carbonyl (C=O) groups is 2. The van der Waals surface area contributed by atoms with Crippen LogP contribution in [-0.4, -0.2) is 46.2 Å². The lowest BCUT2D eigenvalue weighted by Crippen LogP contribution is -2.48. The molecule has 0 unspecified atom stereocenters. The topological polar surface area (TPSA) is 87.1 Å². The number of aliphatic carboxylic acids is 2. The Morgan fingerprint density at radius 1 is 0.941 bits per heavy atom. The number of fused-ring (bicyclic) bond motifs is 1. The van der Waals surface area contributed by atoms with E-state index in [1.54, 1.807) is 0 Å². The Bertz CT molecular complexity index is 1020. The van der Waals surface area contributed by atoms with Gasteiger partial charge in [-0.05, 0) is 84.4 Å². The summed E-state index contributed by atoms with van der Waals surface area (Å²) in [5.74, 6) is -0.766. The van der Waals surface area contributed by atoms with Crippen molar-refractivity contribution >= 4 is 22.7 Å². The maximum absolute atomic E-state index is 11.5. The number of hydrogen-bond donors (Lipinski definition) is 2. The fraction of sp³-hybridized carbons (Fsp3) is 0.571. The number of rotatable bonds is 6. The van der Waals surface area contributed by atoms with Gasteiger partial charge in [0.25, 0.3) is 0 Å².